The number of rotatable bonds is 2. The molecule has 7 heteroatoms. The largest absolute Gasteiger partial charge is 0.507 e. The second kappa shape index (κ2) is 5.42. The predicted molar refractivity (Wildman–Crippen MR) is 74.2 cm³/mol. The molecule has 0 aliphatic carbocycles. The van der Waals surface area contributed by atoms with Crippen molar-refractivity contribution in [1.82, 2.24) is 19.9 Å². The summed E-state index contributed by atoms with van der Waals surface area (Å²) in [6.07, 6.45) is 0. The third kappa shape index (κ3) is 2.74. The molecule has 3 rings (SSSR count). The maximum absolute atomic E-state index is 13.3. The topological polar surface area (TPSA) is 65.6 Å². The van der Waals surface area contributed by atoms with Crippen LogP contribution in [0, 0.1) is 5.82 Å². The zero-order valence-corrected chi connectivity index (χ0v) is 12.0. The van der Waals surface area contributed by atoms with Crippen LogP contribution in [0.4, 0.5) is 4.39 Å². The van der Waals surface area contributed by atoms with E-state index in [1.807, 2.05) is 14.1 Å². The van der Waals surface area contributed by atoms with E-state index in [4.69, 9.17) is 4.52 Å². The Morgan fingerprint density at radius 2 is 2.14 bits per heavy atom. The van der Waals surface area contributed by atoms with Gasteiger partial charge < -0.3 is 14.5 Å². The highest BCUT2D eigenvalue weighted by atomic mass is 19.1. The molecule has 1 saturated heterocycles. The molecule has 6 nitrogen and oxygen atoms in total. The van der Waals surface area contributed by atoms with Crippen molar-refractivity contribution in [1.29, 1.82) is 0 Å². The Kier molecular flexibility index (Phi) is 3.60. The summed E-state index contributed by atoms with van der Waals surface area (Å²) in [6, 6.07) is 3.66. The van der Waals surface area contributed by atoms with Crippen LogP contribution in [0.15, 0.2) is 22.7 Å². The number of aromatic nitrogens is 2. The molecular formula is C14H17FN4O2. The average Bonchev–Trinajstić information content (AvgIpc) is 2.93. The second-order valence-electron chi connectivity index (χ2n) is 5.38. The number of phenols is 1. The number of benzene rings is 1. The third-order valence-corrected chi connectivity index (χ3v) is 3.78. The van der Waals surface area contributed by atoms with Crippen molar-refractivity contribution in [2.75, 3.05) is 33.7 Å². The van der Waals surface area contributed by atoms with Crippen LogP contribution >= 0.6 is 0 Å². The Bertz CT molecular complexity index is 646. The van der Waals surface area contributed by atoms with Crippen molar-refractivity contribution in [2.24, 2.45) is 0 Å². The summed E-state index contributed by atoms with van der Waals surface area (Å²) in [4.78, 5) is 8.67. The van der Waals surface area contributed by atoms with E-state index in [9.17, 15) is 9.50 Å². The van der Waals surface area contributed by atoms with Gasteiger partial charge in [-0.15, -0.1) is 0 Å². The molecule has 1 fully saturated rings. The zero-order chi connectivity index (χ0) is 15.0. The molecule has 1 unspecified atom stereocenters. The summed E-state index contributed by atoms with van der Waals surface area (Å²) in [6.45, 7) is 2.70. The lowest BCUT2D eigenvalue weighted by atomic mass is 10.1. The van der Waals surface area contributed by atoms with Crippen molar-refractivity contribution < 1.29 is 14.0 Å². The van der Waals surface area contributed by atoms with Crippen LogP contribution in [-0.4, -0.2) is 58.8 Å². The summed E-state index contributed by atoms with van der Waals surface area (Å²) < 4.78 is 18.5. The Labute approximate surface area is 121 Å². The van der Waals surface area contributed by atoms with E-state index >= 15 is 0 Å². The minimum absolute atomic E-state index is 0.0250. The summed E-state index contributed by atoms with van der Waals surface area (Å²) >= 11 is 0. The monoisotopic (exact) mass is 292 g/mol. The first-order valence-electron chi connectivity index (χ1n) is 6.76. The van der Waals surface area contributed by atoms with E-state index in [2.05, 4.69) is 19.9 Å². The molecule has 1 aliphatic heterocycles. The molecule has 0 saturated carbocycles. The van der Waals surface area contributed by atoms with Crippen LogP contribution in [0.5, 0.6) is 5.75 Å². The van der Waals surface area contributed by atoms with Crippen LogP contribution in [0.2, 0.25) is 0 Å². The fourth-order valence-electron chi connectivity index (χ4n) is 2.45. The molecule has 2 aromatic rings. The third-order valence-electron chi connectivity index (χ3n) is 3.78. The van der Waals surface area contributed by atoms with Crippen LogP contribution in [0.3, 0.4) is 0 Å². The average molecular weight is 292 g/mol. The van der Waals surface area contributed by atoms with Gasteiger partial charge in [-0.05, 0) is 32.3 Å². The van der Waals surface area contributed by atoms with Crippen molar-refractivity contribution in [3.63, 3.8) is 0 Å². The first kappa shape index (κ1) is 14.0. The lowest BCUT2D eigenvalue weighted by molar-refractivity contribution is 0.108. The van der Waals surface area contributed by atoms with Gasteiger partial charge >= 0.3 is 0 Å². The highest BCUT2D eigenvalue weighted by molar-refractivity contribution is 5.61. The molecule has 21 heavy (non-hydrogen) atoms. The van der Waals surface area contributed by atoms with Crippen molar-refractivity contribution in [3.05, 3.63) is 29.8 Å². The van der Waals surface area contributed by atoms with E-state index in [-0.39, 0.29) is 23.2 Å². The minimum Gasteiger partial charge on any atom is -0.507 e. The van der Waals surface area contributed by atoms with Crippen LogP contribution in [-0.2, 0) is 0 Å². The van der Waals surface area contributed by atoms with E-state index < -0.39 is 5.82 Å². The SMILES string of the molecule is CN1CCN(C)C(c2noc(-c3cc(F)ccc3O)n2)C1. The normalized spacial score (nSPS) is 20.8. The molecule has 0 bridgehead atoms. The van der Waals surface area contributed by atoms with Gasteiger partial charge in [0.25, 0.3) is 5.89 Å². The number of halogens is 1. The molecule has 1 N–H and O–H groups in total. The first-order valence-corrected chi connectivity index (χ1v) is 6.76. The van der Waals surface area contributed by atoms with Gasteiger partial charge in [-0.25, -0.2) is 4.39 Å². The Morgan fingerprint density at radius 3 is 2.95 bits per heavy atom. The van der Waals surface area contributed by atoms with Gasteiger partial charge in [-0.1, -0.05) is 5.16 Å². The van der Waals surface area contributed by atoms with Gasteiger partial charge in [0, 0.05) is 19.6 Å². The number of nitrogens with zero attached hydrogens (tertiary/aromatic N) is 4. The van der Waals surface area contributed by atoms with Gasteiger partial charge in [-0.2, -0.15) is 4.98 Å². The standard InChI is InChI=1S/C14H17FN4O2/c1-18-5-6-19(2)11(8-18)13-16-14(21-17-13)10-7-9(15)3-4-12(10)20/h3-4,7,11,20H,5-6,8H2,1-2H3. The smallest absolute Gasteiger partial charge is 0.261 e. The Morgan fingerprint density at radius 1 is 1.33 bits per heavy atom. The van der Waals surface area contributed by atoms with E-state index in [0.29, 0.717) is 5.82 Å². The van der Waals surface area contributed by atoms with Gasteiger partial charge in [0.2, 0.25) is 0 Å². The number of aromatic hydroxyl groups is 1. The lowest BCUT2D eigenvalue weighted by Gasteiger charge is -2.35. The van der Waals surface area contributed by atoms with Crippen LogP contribution in [0.1, 0.15) is 11.9 Å². The number of phenolic OH excluding ortho intramolecular Hbond substituents is 1. The molecule has 1 aromatic heterocycles. The van der Waals surface area contributed by atoms with Crippen LogP contribution < -0.4 is 0 Å². The van der Waals surface area contributed by atoms with Gasteiger partial charge in [0.05, 0.1) is 11.6 Å². The first-order chi connectivity index (χ1) is 10.0. The van der Waals surface area contributed by atoms with Gasteiger partial charge in [-0.3, -0.25) is 4.90 Å². The van der Waals surface area contributed by atoms with E-state index in [1.54, 1.807) is 0 Å². The Hall–Kier alpha value is -1.99. The fraction of sp³-hybridized carbons (Fsp3) is 0.429. The Balaban J connectivity index is 1.91. The summed E-state index contributed by atoms with van der Waals surface area (Å²) in [7, 11) is 4.05. The second-order valence-corrected chi connectivity index (χ2v) is 5.38. The molecule has 1 atom stereocenters. The number of hydrogen-bond acceptors (Lipinski definition) is 6. The summed E-state index contributed by atoms with van der Waals surface area (Å²) in [5.74, 6) is 0.129. The summed E-state index contributed by atoms with van der Waals surface area (Å²) in [5, 5.41) is 13.8. The number of hydrogen-bond donors (Lipinski definition) is 1. The maximum atomic E-state index is 13.3. The molecular weight excluding hydrogens is 275 g/mol. The molecule has 2 heterocycles. The highest BCUT2D eigenvalue weighted by Crippen LogP contribution is 2.30. The molecule has 0 radical (unpaired) electrons. The zero-order valence-electron chi connectivity index (χ0n) is 12.0. The molecule has 0 spiro atoms. The van der Waals surface area contributed by atoms with E-state index in [0.717, 1.165) is 19.6 Å². The van der Waals surface area contributed by atoms with E-state index in [1.165, 1.54) is 18.2 Å². The lowest BCUT2D eigenvalue weighted by Crippen LogP contribution is -2.45. The van der Waals surface area contributed by atoms with Crippen molar-refractivity contribution in [2.45, 2.75) is 6.04 Å². The molecule has 0 amide bonds. The molecule has 112 valence electrons. The van der Waals surface area contributed by atoms with Gasteiger partial charge in [0.1, 0.15) is 11.6 Å². The number of piperazine rings is 1. The quantitative estimate of drug-likeness (QED) is 0.905. The van der Waals surface area contributed by atoms with Gasteiger partial charge in [0.15, 0.2) is 5.82 Å². The number of likely N-dealkylation sites (N-methyl/N-ethyl adjacent to an activating group) is 2. The van der Waals surface area contributed by atoms with Crippen molar-refractivity contribution in [3.8, 4) is 17.2 Å². The van der Waals surface area contributed by atoms with Crippen molar-refractivity contribution >= 4 is 0 Å². The summed E-state index contributed by atoms with van der Waals surface area (Å²) in [5.41, 5.74) is 0.209. The molecule has 1 aliphatic rings. The maximum Gasteiger partial charge on any atom is 0.261 e. The molecule has 1 aromatic carbocycles. The highest BCUT2D eigenvalue weighted by Gasteiger charge is 2.28. The predicted octanol–water partition coefficient (Wildman–Crippen LogP) is 1.50. The minimum atomic E-state index is -0.461. The fourth-order valence-corrected chi connectivity index (χ4v) is 2.45. The van der Waals surface area contributed by atoms with Crippen LogP contribution in [0.25, 0.3) is 11.5 Å².